The Labute approximate surface area is 98.5 Å². The molecule has 3 nitrogen and oxygen atoms in total. The fourth-order valence-corrected chi connectivity index (χ4v) is 3.35. The standard InChI is InChI=1S/C12H14N2OS/c1-2-9-4-11(16-12(9)3-1)7-13-5-10-6-14-8-15-10/h4,6,8,13H,1-3,5,7H2. The van der Waals surface area contributed by atoms with Gasteiger partial charge in [-0.05, 0) is 30.9 Å². The number of aromatic nitrogens is 1. The lowest BCUT2D eigenvalue weighted by Crippen LogP contribution is -2.11. The molecule has 1 aliphatic carbocycles. The van der Waals surface area contributed by atoms with E-state index in [9.17, 15) is 0 Å². The minimum atomic E-state index is 0.753. The number of rotatable bonds is 4. The molecule has 0 radical (unpaired) electrons. The monoisotopic (exact) mass is 234 g/mol. The number of nitrogens with zero attached hydrogens (tertiary/aromatic N) is 1. The lowest BCUT2D eigenvalue weighted by Gasteiger charge is -1.99. The third-order valence-corrected chi connectivity index (χ3v) is 4.12. The van der Waals surface area contributed by atoms with E-state index < -0.39 is 0 Å². The van der Waals surface area contributed by atoms with Gasteiger partial charge in [-0.2, -0.15) is 0 Å². The second-order valence-corrected chi connectivity index (χ2v) is 5.31. The molecule has 1 aliphatic rings. The molecule has 0 saturated carbocycles. The Bertz CT molecular complexity index is 440. The summed E-state index contributed by atoms with van der Waals surface area (Å²) in [5, 5.41) is 3.37. The van der Waals surface area contributed by atoms with Gasteiger partial charge in [0.2, 0.25) is 0 Å². The van der Waals surface area contributed by atoms with Gasteiger partial charge in [-0.15, -0.1) is 11.3 Å². The van der Waals surface area contributed by atoms with Crippen molar-refractivity contribution >= 4 is 11.3 Å². The van der Waals surface area contributed by atoms with E-state index in [4.69, 9.17) is 4.42 Å². The molecule has 3 rings (SSSR count). The molecule has 0 amide bonds. The van der Waals surface area contributed by atoms with Gasteiger partial charge in [-0.3, -0.25) is 0 Å². The van der Waals surface area contributed by atoms with Crippen LogP contribution < -0.4 is 5.32 Å². The molecule has 16 heavy (non-hydrogen) atoms. The van der Waals surface area contributed by atoms with Crippen LogP contribution >= 0.6 is 11.3 Å². The van der Waals surface area contributed by atoms with E-state index in [2.05, 4.69) is 16.4 Å². The summed E-state index contributed by atoms with van der Waals surface area (Å²) in [7, 11) is 0. The Balaban J connectivity index is 1.54. The Morgan fingerprint density at radius 3 is 3.19 bits per heavy atom. The summed E-state index contributed by atoms with van der Waals surface area (Å²) >= 11 is 1.95. The lowest BCUT2D eigenvalue weighted by atomic mass is 10.2. The molecule has 2 aromatic heterocycles. The minimum absolute atomic E-state index is 0.753. The lowest BCUT2D eigenvalue weighted by molar-refractivity contribution is 0.479. The first-order valence-electron chi connectivity index (χ1n) is 5.60. The maximum absolute atomic E-state index is 5.16. The van der Waals surface area contributed by atoms with Gasteiger partial charge in [0.05, 0.1) is 12.7 Å². The molecule has 0 atom stereocenters. The van der Waals surface area contributed by atoms with Crippen LogP contribution in [-0.4, -0.2) is 4.98 Å². The first-order chi connectivity index (χ1) is 7.92. The minimum Gasteiger partial charge on any atom is -0.447 e. The highest BCUT2D eigenvalue weighted by atomic mass is 32.1. The molecule has 0 aliphatic heterocycles. The molecule has 2 heterocycles. The first kappa shape index (κ1) is 10.1. The Morgan fingerprint density at radius 2 is 2.38 bits per heavy atom. The number of nitrogens with one attached hydrogen (secondary N) is 1. The molecule has 0 unspecified atom stereocenters. The summed E-state index contributed by atoms with van der Waals surface area (Å²) in [5.74, 6) is 0.893. The van der Waals surface area contributed by atoms with Crippen LogP contribution in [0.15, 0.2) is 23.1 Å². The van der Waals surface area contributed by atoms with Crippen molar-refractivity contribution in [1.82, 2.24) is 10.3 Å². The van der Waals surface area contributed by atoms with Crippen molar-refractivity contribution < 1.29 is 4.42 Å². The molecular formula is C12H14N2OS. The fraction of sp³-hybridized carbons (Fsp3) is 0.417. The van der Waals surface area contributed by atoms with Crippen LogP contribution in [-0.2, 0) is 25.9 Å². The van der Waals surface area contributed by atoms with Crippen LogP contribution in [0.1, 0.15) is 27.5 Å². The van der Waals surface area contributed by atoms with Crippen LogP contribution in [0.25, 0.3) is 0 Å². The van der Waals surface area contributed by atoms with Crippen molar-refractivity contribution in [3.63, 3.8) is 0 Å². The number of fused-ring (bicyclic) bond motifs is 1. The SMILES string of the molecule is c1ncc(CNCc2cc3c(s2)CCC3)o1. The van der Waals surface area contributed by atoms with Gasteiger partial charge in [0.1, 0.15) is 5.76 Å². The zero-order chi connectivity index (χ0) is 10.8. The van der Waals surface area contributed by atoms with Crippen LogP contribution in [0.5, 0.6) is 0 Å². The summed E-state index contributed by atoms with van der Waals surface area (Å²) in [6.07, 6.45) is 7.11. The van der Waals surface area contributed by atoms with Gasteiger partial charge in [-0.1, -0.05) is 0 Å². The molecule has 1 N–H and O–H groups in total. The van der Waals surface area contributed by atoms with Crippen molar-refractivity contribution in [1.29, 1.82) is 0 Å². The Hall–Kier alpha value is -1.13. The molecule has 4 heteroatoms. The molecule has 84 valence electrons. The van der Waals surface area contributed by atoms with Gasteiger partial charge in [0, 0.05) is 16.3 Å². The van der Waals surface area contributed by atoms with Gasteiger partial charge >= 0.3 is 0 Å². The third-order valence-electron chi connectivity index (χ3n) is 2.88. The Morgan fingerprint density at radius 1 is 1.38 bits per heavy atom. The topological polar surface area (TPSA) is 38.1 Å². The molecule has 0 bridgehead atoms. The second-order valence-electron chi connectivity index (χ2n) is 4.09. The van der Waals surface area contributed by atoms with Crippen molar-refractivity contribution in [3.8, 4) is 0 Å². The smallest absolute Gasteiger partial charge is 0.180 e. The number of thiophene rings is 1. The quantitative estimate of drug-likeness (QED) is 0.883. The van der Waals surface area contributed by atoms with Gasteiger partial charge in [0.25, 0.3) is 0 Å². The highest BCUT2D eigenvalue weighted by molar-refractivity contribution is 7.12. The predicted octanol–water partition coefficient (Wildman–Crippen LogP) is 2.51. The van der Waals surface area contributed by atoms with Crippen molar-refractivity contribution in [2.24, 2.45) is 0 Å². The van der Waals surface area contributed by atoms with E-state index in [1.807, 2.05) is 11.3 Å². The molecule has 0 aromatic carbocycles. The molecule has 2 aromatic rings. The fourth-order valence-electron chi connectivity index (χ4n) is 2.12. The number of hydrogen-bond acceptors (Lipinski definition) is 4. The molecule has 0 spiro atoms. The summed E-state index contributed by atoms with van der Waals surface area (Å²) in [4.78, 5) is 6.91. The van der Waals surface area contributed by atoms with E-state index in [-0.39, 0.29) is 0 Å². The van der Waals surface area contributed by atoms with E-state index in [0.717, 1.165) is 18.8 Å². The zero-order valence-corrected chi connectivity index (χ0v) is 9.85. The maximum atomic E-state index is 5.16. The normalized spacial score (nSPS) is 14.2. The van der Waals surface area contributed by atoms with Crippen molar-refractivity contribution in [2.75, 3.05) is 0 Å². The van der Waals surface area contributed by atoms with Crippen LogP contribution in [0.2, 0.25) is 0 Å². The van der Waals surface area contributed by atoms with Gasteiger partial charge in [0.15, 0.2) is 6.39 Å². The van der Waals surface area contributed by atoms with Crippen molar-refractivity contribution in [3.05, 3.63) is 39.7 Å². The van der Waals surface area contributed by atoms with Crippen LogP contribution in [0.3, 0.4) is 0 Å². The second kappa shape index (κ2) is 4.39. The number of aryl methyl sites for hydroxylation is 2. The van der Waals surface area contributed by atoms with E-state index in [1.54, 1.807) is 16.6 Å². The molecule has 0 fully saturated rings. The summed E-state index contributed by atoms with van der Waals surface area (Å²) in [5.41, 5.74) is 1.57. The van der Waals surface area contributed by atoms with E-state index in [0.29, 0.717) is 0 Å². The largest absolute Gasteiger partial charge is 0.447 e. The molecule has 0 saturated heterocycles. The maximum Gasteiger partial charge on any atom is 0.180 e. The highest BCUT2D eigenvalue weighted by Crippen LogP contribution is 2.30. The average Bonchev–Trinajstić information content (AvgIpc) is 2.91. The van der Waals surface area contributed by atoms with Crippen LogP contribution in [0.4, 0.5) is 0 Å². The summed E-state index contributed by atoms with van der Waals surface area (Å²) < 4.78 is 5.16. The zero-order valence-electron chi connectivity index (χ0n) is 9.03. The highest BCUT2D eigenvalue weighted by Gasteiger charge is 2.14. The average molecular weight is 234 g/mol. The third kappa shape index (κ3) is 2.03. The predicted molar refractivity (Wildman–Crippen MR) is 63.4 cm³/mol. The van der Waals surface area contributed by atoms with Crippen LogP contribution in [0, 0.1) is 0 Å². The Kier molecular flexibility index (Phi) is 2.76. The first-order valence-corrected chi connectivity index (χ1v) is 6.42. The summed E-state index contributed by atoms with van der Waals surface area (Å²) in [6, 6.07) is 2.35. The number of hydrogen-bond donors (Lipinski definition) is 1. The van der Waals surface area contributed by atoms with E-state index in [1.165, 1.54) is 30.5 Å². The van der Waals surface area contributed by atoms with Gasteiger partial charge in [-0.25, -0.2) is 4.98 Å². The van der Waals surface area contributed by atoms with Crippen molar-refractivity contribution in [2.45, 2.75) is 32.4 Å². The summed E-state index contributed by atoms with van der Waals surface area (Å²) in [6.45, 7) is 1.68. The van der Waals surface area contributed by atoms with Gasteiger partial charge < -0.3 is 9.73 Å². The number of oxazole rings is 1. The van der Waals surface area contributed by atoms with E-state index >= 15 is 0 Å². The molecular weight excluding hydrogens is 220 g/mol.